The second-order valence-electron chi connectivity index (χ2n) is 5.54. The molecule has 0 atom stereocenters. The average Bonchev–Trinajstić information content (AvgIpc) is 2.59. The van der Waals surface area contributed by atoms with Crippen LogP contribution in [0, 0.1) is 10.1 Å². The van der Waals surface area contributed by atoms with Crippen LogP contribution in [0.1, 0.15) is 11.3 Å². The predicted octanol–water partition coefficient (Wildman–Crippen LogP) is 4.68. The first kappa shape index (κ1) is 18.7. The molecule has 0 unspecified atom stereocenters. The average molecular weight is 390 g/mol. The van der Waals surface area contributed by atoms with Crippen molar-refractivity contribution in [3.8, 4) is 5.75 Å². The van der Waals surface area contributed by atoms with Crippen molar-refractivity contribution in [1.82, 2.24) is 4.98 Å². The highest BCUT2D eigenvalue weighted by Crippen LogP contribution is 2.53. The fourth-order valence-electron chi connectivity index (χ4n) is 2.59. The molecule has 3 rings (SSSR count). The molecular weight excluding hydrogens is 382 g/mol. The van der Waals surface area contributed by atoms with Gasteiger partial charge in [-0.25, -0.2) is 0 Å². The molecule has 0 radical (unpaired) electrons. The number of halogens is 6. The van der Waals surface area contributed by atoms with E-state index in [1.54, 1.807) is 0 Å². The maximum Gasteiger partial charge on any atom is 0.441 e. The minimum absolute atomic E-state index is 0.138. The van der Waals surface area contributed by atoms with E-state index in [-0.39, 0.29) is 17.3 Å². The molecule has 0 amide bonds. The van der Waals surface area contributed by atoms with E-state index in [0.29, 0.717) is 6.07 Å². The molecule has 0 saturated heterocycles. The Bertz CT molecular complexity index is 908. The molecule has 0 saturated carbocycles. The molecule has 0 spiro atoms. The summed E-state index contributed by atoms with van der Waals surface area (Å²) >= 11 is 0. The maximum absolute atomic E-state index is 13.5. The van der Waals surface area contributed by atoms with Crippen LogP contribution in [0.15, 0.2) is 48.7 Å². The zero-order chi connectivity index (χ0) is 20.0. The highest BCUT2D eigenvalue weighted by Gasteiger charge is 2.73. The van der Waals surface area contributed by atoms with Gasteiger partial charge in [-0.2, -0.15) is 26.3 Å². The number of nitrogens with zero attached hydrogens (tertiary/aromatic N) is 2. The third kappa shape index (κ3) is 2.98. The second-order valence-corrected chi connectivity index (χ2v) is 5.54. The van der Waals surface area contributed by atoms with Crippen LogP contribution in [0.4, 0.5) is 32.0 Å². The third-order valence-electron chi connectivity index (χ3n) is 3.87. The molecule has 0 aliphatic carbocycles. The molecule has 1 aromatic heterocycles. The third-order valence-corrected chi connectivity index (χ3v) is 3.87. The Morgan fingerprint density at radius 3 is 2.22 bits per heavy atom. The zero-order valence-electron chi connectivity index (χ0n) is 13.0. The first-order chi connectivity index (χ1) is 12.5. The van der Waals surface area contributed by atoms with Crippen molar-refractivity contribution in [3.05, 3.63) is 70.0 Å². The SMILES string of the molecule is O=[N+]([O-])c1ccc2c(c1)C(c1ccccn1)=CC(C(F)(F)F)(C(F)(F)F)O2. The molecule has 1 aliphatic rings. The lowest BCUT2D eigenvalue weighted by atomic mass is 9.89. The van der Waals surface area contributed by atoms with Crippen LogP contribution in [-0.4, -0.2) is 27.9 Å². The normalized spacial score (nSPS) is 16.1. The Morgan fingerprint density at radius 2 is 1.70 bits per heavy atom. The fraction of sp³-hybridized carbons (Fsp3) is 0.188. The summed E-state index contributed by atoms with van der Waals surface area (Å²) in [7, 11) is 0. The van der Waals surface area contributed by atoms with Crippen LogP contribution >= 0.6 is 0 Å². The Labute approximate surface area is 147 Å². The Hall–Kier alpha value is -3.11. The van der Waals surface area contributed by atoms with E-state index in [1.807, 2.05) is 0 Å². The highest BCUT2D eigenvalue weighted by molar-refractivity contribution is 5.84. The highest BCUT2D eigenvalue weighted by atomic mass is 19.4. The first-order valence-electron chi connectivity index (χ1n) is 7.22. The number of nitro groups is 1. The number of hydrogen-bond donors (Lipinski definition) is 0. The van der Waals surface area contributed by atoms with Gasteiger partial charge in [0, 0.05) is 29.5 Å². The molecule has 27 heavy (non-hydrogen) atoms. The van der Waals surface area contributed by atoms with E-state index in [2.05, 4.69) is 9.72 Å². The molecule has 142 valence electrons. The smallest absolute Gasteiger partial charge is 0.441 e. The minimum Gasteiger partial charge on any atom is -0.464 e. The van der Waals surface area contributed by atoms with E-state index >= 15 is 0 Å². The van der Waals surface area contributed by atoms with Crippen molar-refractivity contribution in [2.24, 2.45) is 0 Å². The van der Waals surface area contributed by atoms with Gasteiger partial charge in [0.25, 0.3) is 5.69 Å². The van der Waals surface area contributed by atoms with Crippen molar-refractivity contribution < 1.29 is 36.0 Å². The van der Waals surface area contributed by atoms with Gasteiger partial charge in [0.1, 0.15) is 5.75 Å². The fourth-order valence-corrected chi connectivity index (χ4v) is 2.59. The van der Waals surface area contributed by atoms with E-state index < -0.39 is 39.9 Å². The van der Waals surface area contributed by atoms with Crippen LogP contribution in [-0.2, 0) is 0 Å². The molecule has 11 heteroatoms. The summed E-state index contributed by atoms with van der Waals surface area (Å²) in [5.74, 6) is -0.793. The monoisotopic (exact) mass is 390 g/mol. The molecular formula is C16H8F6N2O3. The summed E-state index contributed by atoms with van der Waals surface area (Å²) < 4.78 is 85.1. The number of fused-ring (bicyclic) bond motifs is 1. The van der Waals surface area contributed by atoms with Crippen LogP contribution in [0.5, 0.6) is 5.75 Å². The minimum atomic E-state index is -5.84. The number of pyridine rings is 1. The Morgan fingerprint density at radius 1 is 1.04 bits per heavy atom. The molecule has 0 bridgehead atoms. The summed E-state index contributed by atoms with van der Waals surface area (Å²) in [6, 6.07) is 6.27. The van der Waals surface area contributed by atoms with E-state index in [4.69, 9.17) is 0 Å². The molecule has 5 nitrogen and oxygen atoms in total. The number of rotatable bonds is 2. The molecule has 1 aromatic carbocycles. The topological polar surface area (TPSA) is 65.3 Å². The Balaban J connectivity index is 2.35. The molecule has 0 N–H and O–H groups in total. The van der Waals surface area contributed by atoms with Crippen LogP contribution < -0.4 is 4.74 Å². The summed E-state index contributed by atoms with van der Waals surface area (Å²) in [5, 5.41) is 10.9. The summed E-state index contributed by atoms with van der Waals surface area (Å²) in [6.07, 6.45) is -10.7. The van der Waals surface area contributed by atoms with E-state index in [9.17, 15) is 36.5 Å². The largest absolute Gasteiger partial charge is 0.464 e. The number of non-ortho nitro benzene ring substituents is 1. The van der Waals surface area contributed by atoms with Gasteiger partial charge in [0.2, 0.25) is 0 Å². The molecule has 2 aromatic rings. The number of hydrogen-bond acceptors (Lipinski definition) is 4. The van der Waals surface area contributed by atoms with Crippen LogP contribution in [0.3, 0.4) is 0 Å². The van der Waals surface area contributed by atoms with Crippen molar-refractivity contribution in [1.29, 1.82) is 0 Å². The quantitative estimate of drug-likeness (QED) is 0.424. The lowest BCUT2D eigenvalue weighted by Gasteiger charge is -2.38. The lowest BCUT2D eigenvalue weighted by Crippen LogP contribution is -2.60. The number of nitro benzene ring substituents is 1. The van der Waals surface area contributed by atoms with Gasteiger partial charge >= 0.3 is 18.0 Å². The number of aromatic nitrogens is 1. The van der Waals surface area contributed by atoms with Gasteiger partial charge in [-0.1, -0.05) is 6.07 Å². The van der Waals surface area contributed by atoms with Crippen LogP contribution in [0.2, 0.25) is 0 Å². The predicted molar refractivity (Wildman–Crippen MR) is 79.9 cm³/mol. The summed E-state index contributed by atoms with van der Waals surface area (Å²) in [5.41, 5.74) is -6.23. The van der Waals surface area contributed by atoms with Crippen molar-refractivity contribution in [2.45, 2.75) is 18.0 Å². The van der Waals surface area contributed by atoms with E-state index in [0.717, 1.165) is 12.1 Å². The van der Waals surface area contributed by atoms with Gasteiger partial charge < -0.3 is 4.74 Å². The summed E-state index contributed by atoms with van der Waals surface area (Å²) in [4.78, 5) is 13.9. The van der Waals surface area contributed by atoms with Gasteiger partial charge in [0.05, 0.1) is 10.6 Å². The molecule has 1 aliphatic heterocycles. The van der Waals surface area contributed by atoms with Crippen LogP contribution in [0.25, 0.3) is 5.57 Å². The number of ether oxygens (including phenoxy) is 1. The van der Waals surface area contributed by atoms with Gasteiger partial charge in [0.15, 0.2) is 0 Å². The molecule has 2 heterocycles. The van der Waals surface area contributed by atoms with Gasteiger partial charge in [-0.15, -0.1) is 0 Å². The first-order valence-corrected chi connectivity index (χ1v) is 7.22. The van der Waals surface area contributed by atoms with E-state index in [1.165, 1.54) is 24.4 Å². The Kier molecular flexibility index (Phi) is 4.12. The van der Waals surface area contributed by atoms with Crippen molar-refractivity contribution >= 4 is 11.3 Å². The second kappa shape index (κ2) is 5.96. The zero-order valence-corrected chi connectivity index (χ0v) is 13.0. The molecule has 0 fully saturated rings. The summed E-state index contributed by atoms with van der Waals surface area (Å²) in [6.45, 7) is 0. The van der Waals surface area contributed by atoms with Crippen molar-refractivity contribution in [3.63, 3.8) is 0 Å². The van der Waals surface area contributed by atoms with Gasteiger partial charge in [-0.3, -0.25) is 15.1 Å². The number of benzene rings is 1. The maximum atomic E-state index is 13.5. The lowest BCUT2D eigenvalue weighted by molar-refractivity contribution is -0.385. The number of alkyl halides is 6. The van der Waals surface area contributed by atoms with Gasteiger partial charge in [-0.05, 0) is 24.3 Å². The van der Waals surface area contributed by atoms with Crippen molar-refractivity contribution in [2.75, 3.05) is 0 Å². The standard InChI is InChI=1S/C16H8F6N2O3/c17-15(18,19)14(16(20,21)22)8-11(12-3-1-2-6-23-12)10-7-9(24(25)26)4-5-13(10)27-14/h1-8H.